The second kappa shape index (κ2) is 8.46. The van der Waals surface area contributed by atoms with Gasteiger partial charge in [0.1, 0.15) is 0 Å². The fourth-order valence-corrected chi connectivity index (χ4v) is 6.48. The molecular weight excluding hydrogens is 460 g/mol. The van der Waals surface area contributed by atoms with Crippen molar-refractivity contribution < 1.29 is 13.2 Å². The van der Waals surface area contributed by atoms with Crippen molar-refractivity contribution in [1.82, 2.24) is 19.1 Å². The second-order valence-corrected chi connectivity index (χ2v) is 12.2. The molecule has 2 aromatic heterocycles. The first kappa shape index (κ1) is 23.5. The molecule has 0 fully saturated rings. The maximum atomic E-state index is 13.7. The van der Waals surface area contributed by atoms with Crippen molar-refractivity contribution in [2.24, 2.45) is 5.41 Å². The number of aromatic nitrogens is 3. The van der Waals surface area contributed by atoms with Crippen LogP contribution in [-0.4, -0.2) is 40.3 Å². The van der Waals surface area contributed by atoms with Crippen molar-refractivity contribution in [2.75, 3.05) is 7.05 Å². The van der Waals surface area contributed by atoms with Gasteiger partial charge in [-0.05, 0) is 48.1 Å². The molecule has 0 unspecified atom stereocenters. The first-order valence-corrected chi connectivity index (χ1v) is 13.3. The number of hydrogen-bond acceptors (Lipinski definition) is 4. The van der Waals surface area contributed by atoms with E-state index in [1.807, 2.05) is 49.5 Å². The number of H-pyrrole nitrogens is 1. The average Bonchev–Trinajstić information content (AvgIpc) is 3.41. The third-order valence-corrected chi connectivity index (χ3v) is 8.65. The number of ketones is 1. The maximum absolute atomic E-state index is 13.7. The fourth-order valence-electron chi connectivity index (χ4n) is 5.03. The summed E-state index contributed by atoms with van der Waals surface area (Å²) in [6, 6.07) is 13.3. The lowest BCUT2D eigenvalue weighted by Crippen LogP contribution is -2.27. The maximum Gasteiger partial charge on any atom is 0.243 e. The smallest absolute Gasteiger partial charge is 0.243 e. The van der Waals surface area contributed by atoms with Crippen LogP contribution in [0.15, 0.2) is 59.8 Å². The Kier molecular flexibility index (Phi) is 5.68. The number of rotatable bonds is 6. The van der Waals surface area contributed by atoms with E-state index in [0.717, 1.165) is 34.3 Å². The highest BCUT2D eigenvalue weighted by atomic mass is 32.2. The summed E-state index contributed by atoms with van der Waals surface area (Å²) < 4.78 is 30.4. The van der Waals surface area contributed by atoms with E-state index in [1.165, 1.54) is 4.31 Å². The molecule has 2 aromatic carbocycles. The van der Waals surface area contributed by atoms with Crippen molar-refractivity contribution in [1.29, 1.82) is 0 Å². The van der Waals surface area contributed by atoms with Crippen molar-refractivity contribution >= 4 is 26.7 Å². The third-order valence-electron chi connectivity index (χ3n) is 6.76. The summed E-state index contributed by atoms with van der Waals surface area (Å²) in [5.74, 6) is 0.118. The molecule has 1 aliphatic rings. The highest BCUT2D eigenvalue weighted by molar-refractivity contribution is 7.89. The second-order valence-electron chi connectivity index (χ2n) is 10.2. The van der Waals surface area contributed by atoms with Gasteiger partial charge in [0.2, 0.25) is 10.0 Å². The van der Waals surface area contributed by atoms with Crippen LogP contribution in [0.1, 0.15) is 54.4 Å². The predicted octanol–water partition coefficient (Wildman–Crippen LogP) is 4.89. The normalized spacial score (nSPS) is 15.6. The van der Waals surface area contributed by atoms with Gasteiger partial charge in [0.15, 0.2) is 5.78 Å². The molecule has 7 nitrogen and oxygen atoms in total. The van der Waals surface area contributed by atoms with Gasteiger partial charge in [-0.2, -0.15) is 9.40 Å². The Morgan fingerprint density at radius 2 is 1.89 bits per heavy atom. The summed E-state index contributed by atoms with van der Waals surface area (Å²) in [5.41, 5.74) is 4.63. The monoisotopic (exact) mass is 490 g/mol. The van der Waals surface area contributed by atoms with Crippen LogP contribution in [0.3, 0.4) is 0 Å². The number of carbonyl (C=O) groups excluding carboxylic acids is 1. The van der Waals surface area contributed by atoms with Gasteiger partial charge in [0.05, 0.1) is 16.8 Å². The number of aryl methyl sites for hydroxylation is 1. The predicted molar refractivity (Wildman–Crippen MR) is 136 cm³/mol. The van der Waals surface area contributed by atoms with Gasteiger partial charge >= 0.3 is 0 Å². The molecule has 0 atom stereocenters. The first-order chi connectivity index (χ1) is 16.6. The number of benzene rings is 2. The quantitative estimate of drug-likeness (QED) is 0.417. The zero-order valence-electron chi connectivity index (χ0n) is 20.5. The van der Waals surface area contributed by atoms with Gasteiger partial charge < -0.3 is 4.98 Å². The van der Waals surface area contributed by atoms with E-state index in [0.29, 0.717) is 23.9 Å². The molecule has 1 N–H and O–H groups in total. The van der Waals surface area contributed by atoms with E-state index >= 15 is 0 Å². The summed E-state index contributed by atoms with van der Waals surface area (Å²) in [6.45, 7) is 6.31. The standard InChI is InChI=1S/C27H30N4O3S/c1-5-19-11-21-22(29-23-13-27(2,3)14-24(32)26(21)23)12-25(19)35(33,34)30(4)16-18-15-28-31(17-18)20-9-7-6-8-10-20/h6-12,15,17,29H,5,13-14,16H2,1-4H3. The Morgan fingerprint density at radius 1 is 1.14 bits per heavy atom. The van der Waals surface area contributed by atoms with Gasteiger partial charge in [0, 0.05) is 53.9 Å². The lowest BCUT2D eigenvalue weighted by Gasteiger charge is -2.28. The SMILES string of the molecule is CCc1cc2c3c([nH]c2cc1S(=O)(=O)N(C)Cc1cnn(-c2ccccc2)c1)CC(C)(C)CC3=O. The molecule has 2 heterocycles. The Bertz CT molecular complexity index is 1530. The third kappa shape index (κ3) is 4.21. The van der Waals surface area contributed by atoms with Crippen LogP contribution in [-0.2, 0) is 29.4 Å². The number of nitrogens with one attached hydrogen (secondary N) is 1. The van der Waals surface area contributed by atoms with Crippen LogP contribution >= 0.6 is 0 Å². The summed E-state index contributed by atoms with van der Waals surface area (Å²) in [5, 5.41) is 5.21. The van der Waals surface area contributed by atoms with Crippen LogP contribution in [0, 0.1) is 5.41 Å². The Labute approximate surface area is 205 Å². The van der Waals surface area contributed by atoms with Gasteiger partial charge in [-0.25, -0.2) is 13.1 Å². The molecule has 0 saturated carbocycles. The number of aromatic amines is 1. The summed E-state index contributed by atoms with van der Waals surface area (Å²) in [6.07, 6.45) is 5.34. The van der Waals surface area contributed by atoms with Crippen LogP contribution in [0.25, 0.3) is 16.6 Å². The number of fused-ring (bicyclic) bond motifs is 3. The van der Waals surface area contributed by atoms with E-state index in [9.17, 15) is 13.2 Å². The Hall–Kier alpha value is -3.23. The summed E-state index contributed by atoms with van der Waals surface area (Å²) >= 11 is 0. The zero-order valence-corrected chi connectivity index (χ0v) is 21.3. The molecule has 5 rings (SSSR count). The molecule has 0 spiro atoms. The summed E-state index contributed by atoms with van der Waals surface area (Å²) in [4.78, 5) is 16.6. The van der Waals surface area contributed by atoms with Crippen molar-refractivity contribution in [2.45, 2.75) is 51.5 Å². The number of nitrogens with zero attached hydrogens (tertiary/aromatic N) is 3. The van der Waals surface area contributed by atoms with E-state index in [4.69, 9.17) is 0 Å². The average molecular weight is 491 g/mol. The number of hydrogen-bond donors (Lipinski definition) is 1. The molecule has 0 amide bonds. The van der Waals surface area contributed by atoms with Gasteiger partial charge in [-0.1, -0.05) is 39.0 Å². The molecule has 182 valence electrons. The molecule has 0 aliphatic heterocycles. The number of Topliss-reactive ketones (excluding diaryl/α,β-unsaturated/α-hetero) is 1. The van der Waals surface area contributed by atoms with Gasteiger partial charge in [-0.15, -0.1) is 0 Å². The minimum absolute atomic E-state index is 0.113. The molecule has 0 saturated heterocycles. The Balaban J connectivity index is 1.49. The molecule has 1 aliphatic carbocycles. The fraction of sp³-hybridized carbons (Fsp3) is 0.333. The molecule has 4 aromatic rings. The minimum atomic E-state index is -3.77. The van der Waals surface area contributed by atoms with Crippen LogP contribution < -0.4 is 0 Å². The number of sulfonamides is 1. The lowest BCUT2D eigenvalue weighted by atomic mass is 9.76. The van der Waals surface area contributed by atoms with Crippen molar-refractivity contribution in [3.8, 4) is 5.69 Å². The number of carbonyl (C=O) groups is 1. The molecule has 35 heavy (non-hydrogen) atoms. The zero-order chi connectivity index (χ0) is 25.0. The topological polar surface area (TPSA) is 88.1 Å². The van der Waals surface area contributed by atoms with Crippen LogP contribution in [0.5, 0.6) is 0 Å². The van der Waals surface area contributed by atoms with E-state index in [1.54, 1.807) is 24.0 Å². The van der Waals surface area contributed by atoms with E-state index in [-0.39, 0.29) is 22.6 Å². The molecule has 8 heteroatoms. The minimum Gasteiger partial charge on any atom is -0.358 e. The largest absolute Gasteiger partial charge is 0.358 e. The molecule has 0 bridgehead atoms. The van der Waals surface area contributed by atoms with Crippen molar-refractivity contribution in [3.63, 3.8) is 0 Å². The molecule has 0 radical (unpaired) electrons. The van der Waals surface area contributed by atoms with E-state index in [2.05, 4.69) is 23.9 Å². The Morgan fingerprint density at radius 3 is 2.60 bits per heavy atom. The van der Waals surface area contributed by atoms with Gasteiger partial charge in [-0.3, -0.25) is 4.79 Å². The van der Waals surface area contributed by atoms with E-state index < -0.39 is 10.0 Å². The highest BCUT2D eigenvalue weighted by Crippen LogP contribution is 2.39. The number of para-hydroxylation sites is 1. The lowest BCUT2D eigenvalue weighted by molar-refractivity contribution is 0.0913. The van der Waals surface area contributed by atoms with Gasteiger partial charge in [0.25, 0.3) is 0 Å². The highest BCUT2D eigenvalue weighted by Gasteiger charge is 2.34. The molecular formula is C27H30N4O3S. The van der Waals surface area contributed by atoms with Crippen molar-refractivity contribution in [3.05, 3.63) is 77.2 Å². The van der Waals surface area contributed by atoms with Crippen LogP contribution in [0.4, 0.5) is 0 Å². The summed E-state index contributed by atoms with van der Waals surface area (Å²) in [7, 11) is -2.19. The van der Waals surface area contributed by atoms with Crippen LogP contribution in [0.2, 0.25) is 0 Å². The first-order valence-electron chi connectivity index (χ1n) is 11.8.